The fourth-order valence-electron chi connectivity index (χ4n) is 2.30. The number of rotatable bonds is 5. The number of hydrogen-bond acceptors (Lipinski definition) is 4. The highest BCUT2D eigenvalue weighted by Crippen LogP contribution is 2.23. The van der Waals surface area contributed by atoms with Crippen molar-refractivity contribution in [3.63, 3.8) is 0 Å². The standard InChI is InChI=1S/C15H14N4O3/c1-22-13-7-3-2-5-11(13)19-10-16-17-14(19)9-18-8-4-6-12(18)15(20)21/h2-8,10H,9H2,1H3,(H,20,21). The summed E-state index contributed by atoms with van der Waals surface area (Å²) in [6.45, 7) is 0.298. The maximum Gasteiger partial charge on any atom is 0.352 e. The van der Waals surface area contributed by atoms with E-state index in [1.807, 2.05) is 24.3 Å². The molecular formula is C15H14N4O3. The normalized spacial score (nSPS) is 10.6. The van der Waals surface area contributed by atoms with Crippen LogP contribution < -0.4 is 4.74 Å². The molecule has 1 aromatic carbocycles. The lowest BCUT2D eigenvalue weighted by atomic mass is 10.3. The molecule has 0 fully saturated rings. The minimum atomic E-state index is -0.978. The topological polar surface area (TPSA) is 82.2 Å². The predicted molar refractivity (Wildman–Crippen MR) is 78.4 cm³/mol. The Labute approximate surface area is 126 Å². The van der Waals surface area contributed by atoms with Crippen LogP contribution in [0.2, 0.25) is 0 Å². The molecule has 0 aliphatic rings. The second kappa shape index (κ2) is 5.72. The lowest BCUT2D eigenvalue weighted by molar-refractivity contribution is 0.0685. The first-order valence-corrected chi connectivity index (χ1v) is 6.61. The lowest BCUT2D eigenvalue weighted by Gasteiger charge is -2.12. The van der Waals surface area contributed by atoms with Gasteiger partial charge in [-0.05, 0) is 24.3 Å². The van der Waals surface area contributed by atoms with Gasteiger partial charge >= 0.3 is 5.97 Å². The molecule has 7 nitrogen and oxygen atoms in total. The molecule has 0 atom stereocenters. The summed E-state index contributed by atoms with van der Waals surface area (Å²) >= 11 is 0. The van der Waals surface area contributed by atoms with Crippen LogP contribution in [0.1, 0.15) is 16.3 Å². The van der Waals surface area contributed by atoms with Gasteiger partial charge in [-0.15, -0.1) is 10.2 Å². The summed E-state index contributed by atoms with van der Waals surface area (Å²) in [5.74, 6) is 0.325. The molecule has 0 bridgehead atoms. The van der Waals surface area contributed by atoms with Crippen LogP contribution in [0.4, 0.5) is 0 Å². The van der Waals surface area contributed by atoms with Gasteiger partial charge in [0.15, 0.2) is 5.82 Å². The molecule has 0 saturated carbocycles. The number of benzene rings is 1. The summed E-state index contributed by atoms with van der Waals surface area (Å²) in [4.78, 5) is 11.2. The van der Waals surface area contributed by atoms with Crippen molar-refractivity contribution in [2.24, 2.45) is 0 Å². The van der Waals surface area contributed by atoms with Crippen LogP contribution in [-0.2, 0) is 6.54 Å². The molecule has 0 amide bonds. The van der Waals surface area contributed by atoms with Crippen molar-refractivity contribution in [1.82, 2.24) is 19.3 Å². The molecule has 2 aromatic heterocycles. The zero-order chi connectivity index (χ0) is 15.5. The van der Waals surface area contributed by atoms with E-state index in [0.29, 0.717) is 18.1 Å². The average molecular weight is 298 g/mol. The third-order valence-corrected chi connectivity index (χ3v) is 3.32. The van der Waals surface area contributed by atoms with Crippen molar-refractivity contribution < 1.29 is 14.6 Å². The Morgan fingerprint density at radius 3 is 2.86 bits per heavy atom. The summed E-state index contributed by atoms with van der Waals surface area (Å²) in [7, 11) is 1.59. The van der Waals surface area contributed by atoms with Gasteiger partial charge in [0.05, 0.1) is 19.3 Å². The number of carboxylic acid groups (broad SMARTS) is 1. The van der Waals surface area contributed by atoms with Crippen LogP contribution in [0, 0.1) is 0 Å². The van der Waals surface area contributed by atoms with Crippen molar-refractivity contribution in [2.45, 2.75) is 6.54 Å². The Kier molecular flexibility index (Phi) is 3.61. The van der Waals surface area contributed by atoms with E-state index in [0.717, 1.165) is 5.69 Å². The second-order valence-electron chi connectivity index (χ2n) is 4.62. The van der Waals surface area contributed by atoms with Crippen LogP contribution in [0.15, 0.2) is 48.9 Å². The Morgan fingerprint density at radius 1 is 1.27 bits per heavy atom. The highest BCUT2D eigenvalue weighted by molar-refractivity contribution is 5.85. The predicted octanol–water partition coefficient (Wildman–Crippen LogP) is 1.82. The molecule has 22 heavy (non-hydrogen) atoms. The molecule has 3 aromatic rings. The van der Waals surface area contributed by atoms with Gasteiger partial charge in [-0.1, -0.05) is 12.1 Å². The van der Waals surface area contributed by atoms with E-state index in [-0.39, 0.29) is 5.69 Å². The Balaban J connectivity index is 1.99. The number of aromatic carboxylic acids is 1. The number of hydrogen-bond donors (Lipinski definition) is 1. The first-order chi connectivity index (χ1) is 10.7. The van der Waals surface area contributed by atoms with E-state index in [9.17, 15) is 4.79 Å². The summed E-state index contributed by atoms with van der Waals surface area (Å²) in [6, 6.07) is 10.7. The number of nitrogens with zero attached hydrogens (tertiary/aromatic N) is 4. The van der Waals surface area contributed by atoms with E-state index in [1.165, 1.54) is 0 Å². The van der Waals surface area contributed by atoms with Gasteiger partial charge < -0.3 is 14.4 Å². The van der Waals surface area contributed by atoms with Crippen molar-refractivity contribution in [2.75, 3.05) is 7.11 Å². The van der Waals surface area contributed by atoms with E-state index in [2.05, 4.69) is 10.2 Å². The number of carbonyl (C=O) groups is 1. The van der Waals surface area contributed by atoms with Crippen molar-refractivity contribution in [3.8, 4) is 11.4 Å². The molecular weight excluding hydrogens is 284 g/mol. The van der Waals surface area contributed by atoms with E-state index in [4.69, 9.17) is 9.84 Å². The monoisotopic (exact) mass is 298 g/mol. The quantitative estimate of drug-likeness (QED) is 0.777. The Hall–Kier alpha value is -3.09. The number of para-hydroxylation sites is 2. The number of methoxy groups -OCH3 is 1. The van der Waals surface area contributed by atoms with Crippen LogP contribution in [0.3, 0.4) is 0 Å². The summed E-state index contributed by atoms with van der Waals surface area (Å²) < 4.78 is 8.74. The first-order valence-electron chi connectivity index (χ1n) is 6.61. The van der Waals surface area contributed by atoms with Crippen molar-refractivity contribution >= 4 is 5.97 Å². The Morgan fingerprint density at radius 2 is 2.09 bits per heavy atom. The van der Waals surface area contributed by atoms with Crippen molar-refractivity contribution in [3.05, 3.63) is 60.4 Å². The fraction of sp³-hybridized carbons (Fsp3) is 0.133. The second-order valence-corrected chi connectivity index (χ2v) is 4.62. The molecule has 0 radical (unpaired) electrons. The SMILES string of the molecule is COc1ccccc1-n1cnnc1Cn1cccc1C(=O)O. The highest BCUT2D eigenvalue weighted by atomic mass is 16.5. The minimum absolute atomic E-state index is 0.203. The average Bonchev–Trinajstić information content (AvgIpc) is 3.17. The molecule has 0 aliphatic heterocycles. The first kappa shape index (κ1) is 13.9. The van der Waals surface area contributed by atoms with Gasteiger partial charge in [0.2, 0.25) is 0 Å². The molecule has 1 N–H and O–H groups in total. The number of aromatic nitrogens is 4. The van der Waals surface area contributed by atoms with Gasteiger partial charge in [-0.25, -0.2) is 4.79 Å². The van der Waals surface area contributed by atoms with E-state index >= 15 is 0 Å². The smallest absolute Gasteiger partial charge is 0.352 e. The minimum Gasteiger partial charge on any atom is -0.495 e. The van der Waals surface area contributed by atoms with Gasteiger partial charge in [0, 0.05) is 6.20 Å². The third kappa shape index (κ3) is 2.44. The van der Waals surface area contributed by atoms with Crippen LogP contribution in [-0.4, -0.2) is 37.5 Å². The molecule has 0 aliphatic carbocycles. The van der Waals surface area contributed by atoms with Crippen molar-refractivity contribution in [1.29, 1.82) is 0 Å². The molecule has 0 unspecified atom stereocenters. The Bertz CT molecular complexity index is 806. The molecule has 0 spiro atoms. The lowest BCUT2D eigenvalue weighted by Crippen LogP contribution is -2.12. The third-order valence-electron chi connectivity index (χ3n) is 3.32. The summed E-state index contributed by atoms with van der Waals surface area (Å²) in [5.41, 5.74) is 1.00. The maximum absolute atomic E-state index is 11.2. The number of carboxylic acids is 1. The van der Waals surface area contributed by atoms with Gasteiger partial charge in [0.1, 0.15) is 17.8 Å². The molecule has 7 heteroatoms. The van der Waals surface area contributed by atoms with Crippen LogP contribution >= 0.6 is 0 Å². The van der Waals surface area contributed by atoms with Crippen LogP contribution in [0.25, 0.3) is 5.69 Å². The van der Waals surface area contributed by atoms with E-state index in [1.54, 1.807) is 40.9 Å². The molecule has 2 heterocycles. The summed E-state index contributed by atoms with van der Waals surface area (Å²) in [6.07, 6.45) is 3.28. The van der Waals surface area contributed by atoms with Gasteiger partial charge in [0.25, 0.3) is 0 Å². The molecule has 3 rings (SSSR count). The highest BCUT2D eigenvalue weighted by Gasteiger charge is 2.14. The van der Waals surface area contributed by atoms with Crippen LogP contribution in [0.5, 0.6) is 5.75 Å². The van der Waals surface area contributed by atoms with Gasteiger partial charge in [-0.3, -0.25) is 4.57 Å². The zero-order valence-electron chi connectivity index (χ0n) is 11.9. The van der Waals surface area contributed by atoms with Gasteiger partial charge in [-0.2, -0.15) is 0 Å². The summed E-state index contributed by atoms with van der Waals surface area (Å²) in [5, 5.41) is 17.2. The maximum atomic E-state index is 11.2. The molecule has 112 valence electrons. The van der Waals surface area contributed by atoms with E-state index < -0.39 is 5.97 Å². The number of ether oxygens (including phenoxy) is 1. The molecule has 0 saturated heterocycles. The fourth-order valence-corrected chi connectivity index (χ4v) is 2.30. The largest absolute Gasteiger partial charge is 0.495 e. The zero-order valence-corrected chi connectivity index (χ0v) is 11.9.